The summed E-state index contributed by atoms with van der Waals surface area (Å²) in [6.07, 6.45) is 1.56. The maximum atomic E-state index is 13.1. The van der Waals surface area contributed by atoms with E-state index >= 15 is 0 Å². The molecule has 0 N–H and O–H groups in total. The van der Waals surface area contributed by atoms with Crippen molar-refractivity contribution in [3.05, 3.63) is 40.3 Å². The van der Waals surface area contributed by atoms with Crippen LogP contribution in [0.15, 0.2) is 29.8 Å². The lowest BCUT2D eigenvalue weighted by Gasteiger charge is -2.25. The molecule has 0 saturated carbocycles. The maximum Gasteiger partial charge on any atom is 0.254 e. The Labute approximate surface area is 155 Å². The Hall–Kier alpha value is -2.16. The molecule has 2 aromatic rings. The van der Waals surface area contributed by atoms with Gasteiger partial charge in [-0.15, -0.1) is 11.3 Å². The molecular formula is C18H20N2O5S. The summed E-state index contributed by atoms with van der Waals surface area (Å²) in [6, 6.07) is 5.23. The van der Waals surface area contributed by atoms with Gasteiger partial charge in [0, 0.05) is 17.1 Å². The van der Waals surface area contributed by atoms with Crippen molar-refractivity contribution in [1.29, 1.82) is 0 Å². The van der Waals surface area contributed by atoms with E-state index in [1.54, 1.807) is 29.3 Å². The van der Waals surface area contributed by atoms with Crippen LogP contribution in [0.25, 0.3) is 0 Å². The zero-order valence-electron chi connectivity index (χ0n) is 14.6. The number of amides is 1. The number of fused-ring (bicyclic) bond motifs is 1. The van der Waals surface area contributed by atoms with E-state index in [1.165, 1.54) is 11.3 Å². The summed E-state index contributed by atoms with van der Waals surface area (Å²) in [5.74, 6) is 0.514. The Balaban J connectivity index is 1.54. The molecule has 1 fully saturated rings. The Morgan fingerprint density at radius 1 is 1.35 bits per heavy atom. The second-order valence-electron chi connectivity index (χ2n) is 6.63. The minimum Gasteiger partial charge on any atom is -0.454 e. The highest BCUT2D eigenvalue weighted by Crippen LogP contribution is 2.33. The van der Waals surface area contributed by atoms with Gasteiger partial charge in [-0.25, -0.2) is 4.98 Å². The Kier molecular flexibility index (Phi) is 4.56. The molecule has 0 spiro atoms. The van der Waals surface area contributed by atoms with Gasteiger partial charge in [-0.2, -0.15) is 0 Å². The lowest BCUT2D eigenvalue weighted by molar-refractivity contribution is -0.139. The molecule has 0 unspecified atom stereocenters. The molecule has 1 amide bonds. The van der Waals surface area contributed by atoms with Crippen molar-refractivity contribution in [3.8, 4) is 11.5 Å². The molecule has 8 heteroatoms. The van der Waals surface area contributed by atoms with Crippen molar-refractivity contribution in [1.82, 2.24) is 9.88 Å². The highest BCUT2D eigenvalue weighted by molar-refractivity contribution is 7.09. The molecule has 138 valence electrons. The van der Waals surface area contributed by atoms with Crippen molar-refractivity contribution < 1.29 is 23.7 Å². The van der Waals surface area contributed by atoms with Gasteiger partial charge in [0.1, 0.15) is 11.1 Å². The second kappa shape index (κ2) is 6.86. The predicted octanol–water partition coefficient (Wildman–Crippen LogP) is 2.67. The zero-order chi connectivity index (χ0) is 18.1. The standard InChI is InChI=1S/C18H20N2O5S/c1-18(2)24-10-13(25-18)8-20(9-16-19-5-6-26-16)17(21)12-3-4-14-15(7-12)23-11-22-14/h3-7,13H,8-11H2,1-2H3/t13-/m1/s1. The van der Waals surface area contributed by atoms with Crippen LogP contribution >= 0.6 is 11.3 Å². The fraction of sp³-hybridized carbons (Fsp3) is 0.444. The number of carbonyl (C=O) groups is 1. The molecule has 1 aromatic carbocycles. The minimum atomic E-state index is -0.626. The van der Waals surface area contributed by atoms with Crippen molar-refractivity contribution in [2.24, 2.45) is 0 Å². The summed E-state index contributed by atoms with van der Waals surface area (Å²) in [5, 5.41) is 2.77. The quantitative estimate of drug-likeness (QED) is 0.799. The number of ether oxygens (including phenoxy) is 4. The Bertz CT molecular complexity index is 793. The highest BCUT2D eigenvalue weighted by atomic mass is 32.1. The number of thiazole rings is 1. The van der Waals surface area contributed by atoms with E-state index in [0.29, 0.717) is 36.8 Å². The van der Waals surface area contributed by atoms with Gasteiger partial charge in [-0.3, -0.25) is 4.79 Å². The van der Waals surface area contributed by atoms with Crippen LogP contribution < -0.4 is 9.47 Å². The van der Waals surface area contributed by atoms with Gasteiger partial charge >= 0.3 is 0 Å². The predicted molar refractivity (Wildman–Crippen MR) is 94.3 cm³/mol. The van der Waals surface area contributed by atoms with Crippen LogP contribution in [-0.2, 0) is 16.0 Å². The largest absolute Gasteiger partial charge is 0.454 e. The van der Waals surface area contributed by atoms with Crippen LogP contribution in [0, 0.1) is 0 Å². The molecule has 0 radical (unpaired) electrons. The van der Waals surface area contributed by atoms with Gasteiger partial charge in [0.05, 0.1) is 19.7 Å². The molecule has 1 atom stereocenters. The fourth-order valence-corrected chi connectivity index (χ4v) is 3.66. The Morgan fingerprint density at radius 2 is 2.19 bits per heavy atom. The van der Waals surface area contributed by atoms with E-state index in [9.17, 15) is 4.79 Å². The molecule has 7 nitrogen and oxygen atoms in total. The first-order valence-electron chi connectivity index (χ1n) is 8.39. The number of aromatic nitrogens is 1. The summed E-state index contributed by atoms with van der Waals surface area (Å²) in [6.45, 7) is 5.23. The molecule has 2 aliphatic heterocycles. The number of rotatable bonds is 5. The van der Waals surface area contributed by atoms with E-state index in [-0.39, 0.29) is 18.8 Å². The van der Waals surface area contributed by atoms with Crippen LogP contribution in [0.1, 0.15) is 29.2 Å². The van der Waals surface area contributed by atoms with Crippen LogP contribution in [0.5, 0.6) is 11.5 Å². The van der Waals surface area contributed by atoms with Crippen LogP contribution in [0.2, 0.25) is 0 Å². The highest BCUT2D eigenvalue weighted by Gasteiger charge is 2.35. The van der Waals surface area contributed by atoms with Gasteiger partial charge in [0.15, 0.2) is 17.3 Å². The van der Waals surface area contributed by atoms with Gasteiger partial charge in [0.25, 0.3) is 5.91 Å². The van der Waals surface area contributed by atoms with E-state index in [4.69, 9.17) is 18.9 Å². The maximum absolute atomic E-state index is 13.1. The van der Waals surface area contributed by atoms with Crippen molar-refractivity contribution in [2.75, 3.05) is 19.9 Å². The van der Waals surface area contributed by atoms with Crippen LogP contribution in [0.3, 0.4) is 0 Å². The number of nitrogens with zero attached hydrogens (tertiary/aromatic N) is 2. The molecule has 0 bridgehead atoms. The first-order chi connectivity index (χ1) is 12.5. The van der Waals surface area contributed by atoms with Gasteiger partial charge in [0.2, 0.25) is 6.79 Å². The smallest absolute Gasteiger partial charge is 0.254 e. The third kappa shape index (κ3) is 3.67. The third-order valence-corrected chi connectivity index (χ3v) is 4.97. The minimum absolute atomic E-state index is 0.105. The van der Waals surface area contributed by atoms with Crippen molar-refractivity contribution >= 4 is 17.2 Å². The first-order valence-corrected chi connectivity index (χ1v) is 9.27. The normalized spacial score (nSPS) is 20.3. The number of carbonyl (C=O) groups excluding carboxylic acids is 1. The monoisotopic (exact) mass is 376 g/mol. The number of hydrogen-bond donors (Lipinski definition) is 0. The van der Waals surface area contributed by atoms with Gasteiger partial charge < -0.3 is 23.8 Å². The van der Waals surface area contributed by atoms with Crippen LogP contribution in [0.4, 0.5) is 0 Å². The lowest BCUT2D eigenvalue weighted by Crippen LogP contribution is -2.38. The number of hydrogen-bond acceptors (Lipinski definition) is 7. The third-order valence-electron chi connectivity index (χ3n) is 4.21. The van der Waals surface area contributed by atoms with E-state index in [1.807, 2.05) is 19.2 Å². The summed E-state index contributed by atoms with van der Waals surface area (Å²) in [5.41, 5.74) is 0.545. The number of benzene rings is 1. The summed E-state index contributed by atoms with van der Waals surface area (Å²) in [4.78, 5) is 19.2. The molecule has 3 heterocycles. The topological polar surface area (TPSA) is 70.1 Å². The summed E-state index contributed by atoms with van der Waals surface area (Å²) < 4.78 is 22.2. The molecular weight excluding hydrogens is 356 g/mol. The second-order valence-corrected chi connectivity index (χ2v) is 7.61. The molecule has 26 heavy (non-hydrogen) atoms. The lowest BCUT2D eigenvalue weighted by atomic mass is 10.1. The van der Waals surface area contributed by atoms with E-state index < -0.39 is 5.79 Å². The summed E-state index contributed by atoms with van der Waals surface area (Å²) >= 11 is 1.52. The average molecular weight is 376 g/mol. The molecule has 2 aliphatic rings. The van der Waals surface area contributed by atoms with Crippen LogP contribution in [-0.4, -0.2) is 47.6 Å². The molecule has 0 aliphatic carbocycles. The zero-order valence-corrected chi connectivity index (χ0v) is 15.5. The molecule has 4 rings (SSSR count). The van der Waals surface area contributed by atoms with Crippen molar-refractivity contribution in [2.45, 2.75) is 32.3 Å². The van der Waals surface area contributed by atoms with Gasteiger partial charge in [-0.05, 0) is 32.0 Å². The molecule has 1 aromatic heterocycles. The molecule has 1 saturated heterocycles. The van der Waals surface area contributed by atoms with E-state index in [2.05, 4.69) is 4.98 Å². The van der Waals surface area contributed by atoms with Crippen molar-refractivity contribution in [3.63, 3.8) is 0 Å². The first kappa shape index (κ1) is 17.3. The SMILES string of the molecule is CC1(C)OC[C@@H](CN(Cc2nccs2)C(=O)c2ccc3c(c2)OCO3)O1. The van der Waals surface area contributed by atoms with E-state index in [0.717, 1.165) is 5.01 Å². The van der Waals surface area contributed by atoms with Gasteiger partial charge in [-0.1, -0.05) is 0 Å². The Morgan fingerprint density at radius 3 is 2.92 bits per heavy atom. The summed E-state index contributed by atoms with van der Waals surface area (Å²) in [7, 11) is 0. The fourth-order valence-electron chi connectivity index (χ4n) is 3.02. The average Bonchev–Trinajstić information content (AvgIpc) is 3.34.